The van der Waals surface area contributed by atoms with E-state index in [0.717, 1.165) is 24.3 Å². The number of carbonyl (C=O) groups is 2. The van der Waals surface area contributed by atoms with Crippen LogP contribution in [-0.2, 0) is 9.59 Å². The van der Waals surface area contributed by atoms with Crippen LogP contribution in [0.4, 0.5) is 0 Å². The van der Waals surface area contributed by atoms with Gasteiger partial charge in [0.1, 0.15) is 11.5 Å². The summed E-state index contributed by atoms with van der Waals surface area (Å²) in [5, 5.41) is 56.4. The zero-order valence-electron chi connectivity index (χ0n) is 11.0. The van der Waals surface area contributed by atoms with E-state index in [4.69, 9.17) is 10.2 Å². The Hall–Kier alpha value is -2.84. The van der Waals surface area contributed by atoms with E-state index >= 15 is 0 Å². The lowest BCUT2D eigenvalue weighted by atomic mass is 9.87. The lowest BCUT2D eigenvalue weighted by Crippen LogP contribution is -2.40. The molecule has 2 atom stereocenters. The van der Waals surface area contributed by atoms with Gasteiger partial charge in [-0.1, -0.05) is 12.2 Å². The van der Waals surface area contributed by atoms with Crippen molar-refractivity contribution >= 4 is 11.9 Å². The van der Waals surface area contributed by atoms with Crippen molar-refractivity contribution in [2.24, 2.45) is 0 Å². The van der Waals surface area contributed by atoms with Gasteiger partial charge in [-0.05, 0) is 35.5 Å². The Bertz CT molecular complexity index is 648. The van der Waals surface area contributed by atoms with Crippen molar-refractivity contribution in [3.8, 4) is 0 Å². The third kappa shape index (κ3) is 2.20. The molecule has 0 amide bonds. The largest absolute Gasteiger partial charge is 0.508 e. The fraction of sp³-hybridized carbons (Fsp3) is 0.143. The summed E-state index contributed by atoms with van der Waals surface area (Å²) < 4.78 is 0. The zero-order valence-corrected chi connectivity index (χ0v) is 11.0. The van der Waals surface area contributed by atoms with E-state index in [2.05, 4.69) is 0 Å². The third-order valence-electron chi connectivity index (χ3n) is 3.36. The molecule has 6 N–H and O–H groups in total. The van der Waals surface area contributed by atoms with Crippen molar-refractivity contribution in [2.75, 3.05) is 0 Å². The van der Waals surface area contributed by atoms with Gasteiger partial charge in [0, 0.05) is 0 Å². The van der Waals surface area contributed by atoms with Crippen LogP contribution in [0.3, 0.4) is 0 Å². The molecule has 22 heavy (non-hydrogen) atoms. The van der Waals surface area contributed by atoms with Crippen LogP contribution in [0, 0.1) is 0 Å². The molecule has 0 saturated heterocycles. The average Bonchev–Trinajstić information content (AvgIpc) is 2.44. The maximum atomic E-state index is 10.9. The predicted molar refractivity (Wildman–Crippen MR) is 71.9 cm³/mol. The maximum Gasteiger partial charge on any atom is 0.347 e. The van der Waals surface area contributed by atoms with Crippen LogP contribution in [0.5, 0.6) is 0 Å². The monoisotopic (exact) mass is 308 g/mol. The Morgan fingerprint density at radius 2 is 1.09 bits per heavy atom. The molecule has 2 rings (SSSR count). The Morgan fingerprint density at radius 3 is 1.32 bits per heavy atom. The fourth-order valence-corrected chi connectivity index (χ4v) is 1.92. The summed E-state index contributed by atoms with van der Waals surface area (Å²) in [5.74, 6) is -5.02. The second kappa shape index (κ2) is 4.86. The molecule has 116 valence electrons. The molecule has 0 fully saturated rings. The van der Waals surface area contributed by atoms with Crippen LogP contribution in [0.2, 0.25) is 0 Å². The van der Waals surface area contributed by atoms with E-state index in [1.165, 1.54) is 12.2 Å². The van der Waals surface area contributed by atoms with E-state index in [-0.39, 0.29) is 11.1 Å². The number of rotatable bonds is 2. The lowest BCUT2D eigenvalue weighted by Gasteiger charge is -2.25. The van der Waals surface area contributed by atoms with E-state index in [0.29, 0.717) is 0 Å². The highest BCUT2D eigenvalue weighted by molar-refractivity contribution is 5.86. The molecule has 0 saturated carbocycles. The highest BCUT2D eigenvalue weighted by Crippen LogP contribution is 2.31. The molecule has 0 heterocycles. The highest BCUT2D eigenvalue weighted by atomic mass is 16.4. The van der Waals surface area contributed by atoms with Gasteiger partial charge in [0.2, 0.25) is 11.2 Å². The minimum absolute atomic E-state index is 0.207. The number of aliphatic carboxylic acids is 2. The van der Waals surface area contributed by atoms with Crippen molar-refractivity contribution in [3.05, 3.63) is 59.1 Å². The van der Waals surface area contributed by atoms with Crippen LogP contribution >= 0.6 is 0 Å². The van der Waals surface area contributed by atoms with Crippen molar-refractivity contribution in [1.82, 2.24) is 0 Å². The van der Waals surface area contributed by atoms with Gasteiger partial charge in [0.05, 0.1) is 0 Å². The topological polar surface area (TPSA) is 156 Å². The number of hydrogen-bond acceptors (Lipinski definition) is 6. The van der Waals surface area contributed by atoms with Gasteiger partial charge in [0.25, 0.3) is 0 Å². The highest BCUT2D eigenvalue weighted by Gasteiger charge is 2.42. The number of aliphatic hydroxyl groups excluding tert-OH is 2. The first-order chi connectivity index (χ1) is 10.1. The molecule has 2 unspecified atom stereocenters. The molecule has 2 aliphatic rings. The molecule has 0 aromatic rings. The van der Waals surface area contributed by atoms with Gasteiger partial charge in [-0.3, -0.25) is 0 Å². The third-order valence-corrected chi connectivity index (χ3v) is 3.36. The molecule has 0 spiro atoms. The maximum absolute atomic E-state index is 10.9. The fourth-order valence-electron chi connectivity index (χ4n) is 1.92. The summed E-state index contributed by atoms with van der Waals surface area (Å²) in [6, 6.07) is 0. The molecule has 8 heteroatoms. The Morgan fingerprint density at radius 1 is 0.773 bits per heavy atom. The summed E-state index contributed by atoms with van der Waals surface area (Å²) in [5.41, 5.74) is -4.68. The predicted octanol–water partition coefficient (Wildman–Crippen LogP) is -0.0622. The quantitative estimate of drug-likeness (QED) is 0.414. The van der Waals surface area contributed by atoms with Crippen molar-refractivity contribution < 1.29 is 40.2 Å². The molecule has 0 radical (unpaired) electrons. The number of carboxylic acid groups (broad SMARTS) is 2. The van der Waals surface area contributed by atoms with Gasteiger partial charge in [-0.15, -0.1) is 0 Å². The van der Waals surface area contributed by atoms with Gasteiger partial charge < -0.3 is 30.6 Å². The van der Waals surface area contributed by atoms with Crippen LogP contribution in [0.25, 0.3) is 0 Å². The molecule has 0 aromatic carbocycles. The van der Waals surface area contributed by atoms with E-state index in [1.54, 1.807) is 0 Å². The van der Waals surface area contributed by atoms with E-state index in [9.17, 15) is 30.0 Å². The first kappa shape index (κ1) is 15.5. The van der Waals surface area contributed by atoms with Gasteiger partial charge in [0.15, 0.2) is 0 Å². The lowest BCUT2D eigenvalue weighted by molar-refractivity contribution is -0.153. The molecular weight excluding hydrogens is 296 g/mol. The number of hydrogen-bond donors (Lipinski definition) is 6. The second-order valence-electron chi connectivity index (χ2n) is 4.78. The zero-order chi connectivity index (χ0) is 16.7. The normalized spacial score (nSPS) is 34.1. The number of aliphatic hydroxyl groups is 4. The second-order valence-corrected chi connectivity index (χ2v) is 4.78. The summed E-state index contributed by atoms with van der Waals surface area (Å²) in [7, 11) is 0. The molecule has 0 aliphatic heterocycles. The van der Waals surface area contributed by atoms with Crippen LogP contribution in [0.1, 0.15) is 0 Å². The molecule has 8 nitrogen and oxygen atoms in total. The Balaban J connectivity index is 2.45. The smallest absolute Gasteiger partial charge is 0.347 e. The Labute approximate surface area is 123 Å². The summed E-state index contributed by atoms with van der Waals surface area (Å²) in [6.45, 7) is 0. The molecule has 0 aromatic heterocycles. The van der Waals surface area contributed by atoms with Crippen LogP contribution in [-0.4, -0.2) is 53.8 Å². The van der Waals surface area contributed by atoms with Gasteiger partial charge in [-0.25, -0.2) is 9.59 Å². The van der Waals surface area contributed by atoms with E-state index in [1.807, 2.05) is 0 Å². The first-order valence-corrected chi connectivity index (χ1v) is 5.98. The summed E-state index contributed by atoms with van der Waals surface area (Å²) in [4.78, 5) is 21.8. The molecule has 0 bridgehead atoms. The number of allylic oxidation sites excluding steroid dienone is 6. The Kier molecular flexibility index (Phi) is 3.44. The SMILES string of the molecule is O=C(O)C1(O)C=CC(=C2C=CC(O)(C(=O)O)C(O)=C2)C=C1O. The minimum Gasteiger partial charge on any atom is -0.508 e. The number of carboxylic acids is 2. The average molecular weight is 308 g/mol. The van der Waals surface area contributed by atoms with Gasteiger partial charge >= 0.3 is 11.9 Å². The first-order valence-electron chi connectivity index (χ1n) is 5.98. The van der Waals surface area contributed by atoms with Crippen molar-refractivity contribution in [2.45, 2.75) is 11.2 Å². The van der Waals surface area contributed by atoms with E-state index < -0.39 is 34.7 Å². The summed E-state index contributed by atoms with van der Waals surface area (Å²) in [6.07, 6.45) is 5.96. The van der Waals surface area contributed by atoms with Crippen LogP contribution in [0.15, 0.2) is 59.1 Å². The molecular formula is C14H12O8. The van der Waals surface area contributed by atoms with Crippen molar-refractivity contribution in [3.63, 3.8) is 0 Å². The van der Waals surface area contributed by atoms with Gasteiger partial charge in [-0.2, -0.15) is 0 Å². The van der Waals surface area contributed by atoms with Crippen LogP contribution < -0.4 is 0 Å². The standard InChI is InChI=1S/C14H12O8/c15-9-5-7(1-3-13(9,21)11(17)18)8-2-4-14(22,12(19)20)10(16)6-8/h1-6,15-16,21-22H,(H,17,18)(H,19,20). The van der Waals surface area contributed by atoms with Crippen molar-refractivity contribution in [1.29, 1.82) is 0 Å². The molecule has 2 aliphatic carbocycles. The minimum atomic E-state index is -2.55. The summed E-state index contributed by atoms with van der Waals surface area (Å²) >= 11 is 0.